The van der Waals surface area contributed by atoms with Gasteiger partial charge in [-0.2, -0.15) is 8.78 Å². The van der Waals surface area contributed by atoms with E-state index >= 15 is 4.39 Å². The number of halogens is 6. The van der Waals surface area contributed by atoms with Crippen molar-refractivity contribution in [3.05, 3.63) is 76.9 Å². The Balaban J connectivity index is 1.08. The van der Waals surface area contributed by atoms with Crippen molar-refractivity contribution in [2.45, 2.75) is 89.4 Å². The van der Waals surface area contributed by atoms with Crippen LogP contribution in [0.3, 0.4) is 0 Å². The normalized spacial score (nSPS) is 28.7. The molecule has 43 heavy (non-hydrogen) atoms. The predicted molar refractivity (Wildman–Crippen MR) is 151 cm³/mol. The highest BCUT2D eigenvalue weighted by atomic mass is 19.3. The van der Waals surface area contributed by atoms with Crippen LogP contribution in [-0.2, 0) is 9.47 Å². The van der Waals surface area contributed by atoms with Crippen molar-refractivity contribution in [2.75, 3.05) is 13.2 Å². The van der Waals surface area contributed by atoms with Crippen LogP contribution in [-0.4, -0.2) is 19.3 Å². The predicted octanol–water partition coefficient (Wildman–Crippen LogP) is 10.0. The summed E-state index contributed by atoms with van der Waals surface area (Å²) >= 11 is 0. The summed E-state index contributed by atoms with van der Waals surface area (Å²) in [4.78, 5) is 0. The minimum Gasteiger partial charge on any atom is -0.432 e. The molecular formula is C34H40F6O3. The second-order valence-electron chi connectivity index (χ2n) is 12.4. The lowest BCUT2D eigenvalue weighted by atomic mass is 9.68. The van der Waals surface area contributed by atoms with E-state index in [2.05, 4.69) is 10.8 Å². The molecule has 0 unspecified atom stereocenters. The van der Waals surface area contributed by atoms with Crippen LogP contribution in [0.25, 0.3) is 0 Å². The maximum absolute atomic E-state index is 15.2. The molecule has 236 valence electrons. The van der Waals surface area contributed by atoms with E-state index in [0.717, 1.165) is 38.5 Å². The van der Waals surface area contributed by atoms with Crippen LogP contribution < -0.4 is 4.74 Å². The molecule has 3 aliphatic rings. The number of hydrogen-bond acceptors (Lipinski definition) is 3. The molecule has 3 fully saturated rings. The Bertz CT molecular complexity index is 1220. The molecule has 0 atom stereocenters. The van der Waals surface area contributed by atoms with E-state index < -0.39 is 41.5 Å². The van der Waals surface area contributed by atoms with Crippen LogP contribution in [0.5, 0.6) is 5.75 Å². The Hall–Kier alpha value is -2.52. The van der Waals surface area contributed by atoms with Crippen LogP contribution in [0.4, 0.5) is 26.3 Å². The minimum absolute atomic E-state index is 0.111. The molecule has 1 heterocycles. The van der Waals surface area contributed by atoms with Crippen LogP contribution in [0.2, 0.25) is 0 Å². The number of rotatable bonds is 9. The number of ether oxygens (including phenoxy) is 3. The minimum atomic E-state index is -3.62. The van der Waals surface area contributed by atoms with Gasteiger partial charge in [-0.3, -0.25) is 0 Å². The van der Waals surface area contributed by atoms with Crippen molar-refractivity contribution in [1.82, 2.24) is 0 Å². The third-order valence-electron chi connectivity index (χ3n) is 9.58. The molecule has 9 heteroatoms. The third kappa shape index (κ3) is 7.77. The summed E-state index contributed by atoms with van der Waals surface area (Å²) in [5, 5.41) is 0. The molecule has 0 amide bonds. The highest BCUT2D eigenvalue weighted by Gasteiger charge is 2.45. The van der Waals surface area contributed by atoms with Gasteiger partial charge in [0.05, 0.1) is 19.1 Å². The van der Waals surface area contributed by atoms with E-state index in [4.69, 9.17) is 9.47 Å². The number of hydrogen-bond donors (Lipinski definition) is 0. The lowest BCUT2D eigenvalue weighted by Gasteiger charge is -2.39. The quantitative estimate of drug-likeness (QED) is 0.161. The first-order valence-corrected chi connectivity index (χ1v) is 15.5. The van der Waals surface area contributed by atoms with Crippen molar-refractivity contribution in [2.24, 2.45) is 23.7 Å². The van der Waals surface area contributed by atoms with E-state index in [1.165, 1.54) is 6.07 Å². The Labute approximate surface area is 249 Å². The van der Waals surface area contributed by atoms with Gasteiger partial charge < -0.3 is 14.2 Å². The summed E-state index contributed by atoms with van der Waals surface area (Å²) in [5.41, 5.74) is 1.39. The van der Waals surface area contributed by atoms with Gasteiger partial charge in [-0.05, 0) is 101 Å². The topological polar surface area (TPSA) is 27.7 Å². The summed E-state index contributed by atoms with van der Waals surface area (Å²) in [6.07, 6.45) is 7.12. The molecule has 2 saturated carbocycles. The fourth-order valence-electron chi connectivity index (χ4n) is 7.08. The lowest BCUT2D eigenvalue weighted by Crippen LogP contribution is -2.38. The van der Waals surface area contributed by atoms with E-state index in [-0.39, 0.29) is 24.6 Å². The molecule has 2 aliphatic carbocycles. The Morgan fingerprint density at radius 1 is 0.814 bits per heavy atom. The van der Waals surface area contributed by atoms with E-state index in [1.807, 2.05) is 25.1 Å². The van der Waals surface area contributed by atoms with Gasteiger partial charge in [0.2, 0.25) is 0 Å². The average Bonchev–Trinajstić information content (AvgIpc) is 3.00. The Kier molecular flexibility index (Phi) is 10.4. The molecule has 2 aromatic rings. The second-order valence-corrected chi connectivity index (χ2v) is 12.4. The summed E-state index contributed by atoms with van der Waals surface area (Å²) < 4.78 is 101. The van der Waals surface area contributed by atoms with Crippen LogP contribution in [0.15, 0.2) is 42.5 Å². The summed E-state index contributed by atoms with van der Waals surface area (Å²) in [6.45, 7) is 3.19. The molecule has 5 rings (SSSR count). The average molecular weight is 611 g/mol. The molecule has 2 aromatic carbocycles. The summed E-state index contributed by atoms with van der Waals surface area (Å²) in [5.74, 6) is -5.80. The maximum Gasteiger partial charge on any atom is 0.400 e. The summed E-state index contributed by atoms with van der Waals surface area (Å²) in [7, 11) is 0. The zero-order valence-corrected chi connectivity index (χ0v) is 24.5. The third-order valence-corrected chi connectivity index (χ3v) is 9.58. The van der Waals surface area contributed by atoms with Gasteiger partial charge >= 0.3 is 6.11 Å². The lowest BCUT2D eigenvalue weighted by molar-refractivity contribution is -0.224. The van der Waals surface area contributed by atoms with Crippen molar-refractivity contribution in [3.63, 3.8) is 0 Å². The first-order valence-electron chi connectivity index (χ1n) is 15.5. The second kappa shape index (κ2) is 14.1. The smallest absolute Gasteiger partial charge is 0.400 e. The van der Waals surface area contributed by atoms with E-state index in [0.29, 0.717) is 67.1 Å². The molecule has 0 aromatic heterocycles. The fraction of sp³-hybridized carbons (Fsp3) is 0.588. The fourth-order valence-corrected chi connectivity index (χ4v) is 7.08. The van der Waals surface area contributed by atoms with Crippen LogP contribution >= 0.6 is 0 Å². The molecule has 0 bridgehead atoms. The van der Waals surface area contributed by atoms with Crippen molar-refractivity contribution in [3.8, 4) is 5.75 Å². The standard InChI is InChI=1S/C34H40F6O3/c1-2-3-4-5-21-19-41-33(42-20-21)25-12-15-28(29(35)16-25)24-8-6-22(7-9-24)23-10-13-26(14-11-23)34(39,40)43-27-17-30(36)32(38)31(37)18-27/h2-3,12,15-18,21-24,26,33H,4-11,13-14,19-20H2,1H3. The molecule has 1 aliphatic heterocycles. The summed E-state index contributed by atoms with van der Waals surface area (Å²) in [6, 6.07) is 6.16. The van der Waals surface area contributed by atoms with Gasteiger partial charge in [0.15, 0.2) is 23.7 Å². The van der Waals surface area contributed by atoms with Crippen molar-refractivity contribution in [1.29, 1.82) is 0 Å². The largest absolute Gasteiger partial charge is 0.432 e. The first kappa shape index (κ1) is 31.9. The highest BCUT2D eigenvalue weighted by Crippen LogP contribution is 2.47. The first-order chi connectivity index (χ1) is 20.6. The monoisotopic (exact) mass is 610 g/mol. The molecule has 0 N–H and O–H groups in total. The maximum atomic E-state index is 15.2. The number of benzene rings is 2. The Morgan fingerprint density at radius 3 is 2.00 bits per heavy atom. The van der Waals surface area contributed by atoms with Gasteiger partial charge in [-0.15, -0.1) is 0 Å². The molecular weight excluding hydrogens is 570 g/mol. The molecule has 0 radical (unpaired) electrons. The number of allylic oxidation sites excluding steroid dienone is 2. The SMILES string of the molecule is CC=CCCC1COC(c2ccc(C3CCC(C4CCC(C(F)(F)Oc5cc(F)c(F)c(F)c5)CC4)CC3)c(F)c2)OC1. The highest BCUT2D eigenvalue weighted by molar-refractivity contribution is 5.29. The van der Waals surface area contributed by atoms with Crippen LogP contribution in [0, 0.1) is 46.9 Å². The van der Waals surface area contributed by atoms with Crippen molar-refractivity contribution >= 4 is 0 Å². The Morgan fingerprint density at radius 2 is 1.42 bits per heavy atom. The van der Waals surface area contributed by atoms with E-state index in [9.17, 15) is 22.0 Å². The molecule has 3 nitrogen and oxygen atoms in total. The van der Waals surface area contributed by atoms with Crippen molar-refractivity contribution < 1.29 is 40.6 Å². The molecule has 0 spiro atoms. The van der Waals surface area contributed by atoms with Gasteiger partial charge in [-0.1, -0.05) is 24.3 Å². The zero-order valence-electron chi connectivity index (χ0n) is 24.5. The van der Waals surface area contributed by atoms with E-state index in [1.54, 1.807) is 0 Å². The van der Waals surface area contributed by atoms with Gasteiger partial charge in [0.25, 0.3) is 0 Å². The number of alkyl halides is 2. The molecule has 1 saturated heterocycles. The van der Waals surface area contributed by atoms with Gasteiger partial charge in [0.1, 0.15) is 11.6 Å². The van der Waals surface area contributed by atoms with Crippen LogP contribution in [0.1, 0.15) is 94.5 Å². The van der Waals surface area contributed by atoms with Gasteiger partial charge in [0, 0.05) is 23.6 Å². The zero-order chi connectivity index (χ0) is 30.6. The van der Waals surface area contributed by atoms with Gasteiger partial charge in [-0.25, -0.2) is 17.6 Å².